The normalized spacial score (nSPS) is 13.0. The standard InChI is InChI=1S/C22H26N6O/c1-14(2)28-13-16(12-25-28)15-9-19-18(6-7-20(19)24-11-15)21-10-17(5-3-4-8-29)26-22(23)27-21/h6,9-14,29H,3-5,7-8H2,1-2H3,(H2,23,26,27). The summed E-state index contributed by atoms with van der Waals surface area (Å²) in [5.74, 6) is 0.276. The van der Waals surface area contributed by atoms with Gasteiger partial charge < -0.3 is 10.8 Å². The predicted molar refractivity (Wildman–Crippen MR) is 113 cm³/mol. The molecule has 3 heterocycles. The van der Waals surface area contributed by atoms with Crippen LogP contribution in [0.2, 0.25) is 0 Å². The van der Waals surface area contributed by atoms with Gasteiger partial charge in [0.25, 0.3) is 0 Å². The molecule has 0 radical (unpaired) electrons. The maximum Gasteiger partial charge on any atom is 0.220 e. The molecule has 3 aromatic heterocycles. The summed E-state index contributed by atoms with van der Waals surface area (Å²) in [5.41, 5.74) is 13.0. The Balaban J connectivity index is 1.66. The maximum atomic E-state index is 9.01. The number of nitrogen functional groups attached to an aromatic ring is 1. The third-order valence-corrected chi connectivity index (χ3v) is 5.14. The van der Waals surface area contributed by atoms with E-state index >= 15 is 0 Å². The van der Waals surface area contributed by atoms with Crippen molar-refractivity contribution in [3.05, 3.63) is 59.4 Å². The van der Waals surface area contributed by atoms with Gasteiger partial charge in [0.1, 0.15) is 0 Å². The number of hydrogen-bond donors (Lipinski definition) is 2. The zero-order valence-corrected chi connectivity index (χ0v) is 16.8. The van der Waals surface area contributed by atoms with Gasteiger partial charge in [-0.2, -0.15) is 5.10 Å². The van der Waals surface area contributed by atoms with E-state index in [1.165, 1.54) is 0 Å². The molecule has 0 aliphatic heterocycles. The Kier molecular flexibility index (Phi) is 5.40. The smallest absolute Gasteiger partial charge is 0.220 e. The monoisotopic (exact) mass is 390 g/mol. The van der Waals surface area contributed by atoms with Crippen LogP contribution in [0.5, 0.6) is 0 Å². The molecule has 0 amide bonds. The van der Waals surface area contributed by atoms with E-state index < -0.39 is 0 Å². The lowest BCUT2D eigenvalue weighted by molar-refractivity contribution is 0.284. The average Bonchev–Trinajstić information content (AvgIpc) is 3.35. The lowest BCUT2D eigenvalue weighted by Gasteiger charge is -2.10. The van der Waals surface area contributed by atoms with E-state index in [9.17, 15) is 0 Å². The van der Waals surface area contributed by atoms with Crippen molar-refractivity contribution < 1.29 is 5.11 Å². The number of hydrogen-bond acceptors (Lipinski definition) is 6. The second-order valence-corrected chi connectivity index (χ2v) is 7.63. The Labute approximate surface area is 170 Å². The molecule has 29 heavy (non-hydrogen) atoms. The van der Waals surface area contributed by atoms with Gasteiger partial charge in [0.2, 0.25) is 5.95 Å². The molecule has 1 aliphatic carbocycles. The van der Waals surface area contributed by atoms with Crippen LogP contribution >= 0.6 is 0 Å². The summed E-state index contributed by atoms with van der Waals surface area (Å²) in [5, 5.41) is 13.4. The third-order valence-electron chi connectivity index (χ3n) is 5.14. The second kappa shape index (κ2) is 8.13. The van der Waals surface area contributed by atoms with E-state index in [1.54, 1.807) is 0 Å². The van der Waals surface area contributed by atoms with Crippen LogP contribution in [-0.4, -0.2) is 36.4 Å². The molecule has 1 aliphatic rings. The molecule has 0 saturated carbocycles. The molecule has 7 heteroatoms. The van der Waals surface area contributed by atoms with Gasteiger partial charge in [-0.1, -0.05) is 6.08 Å². The lowest BCUT2D eigenvalue weighted by atomic mass is 10.0. The van der Waals surface area contributed by atoms with E-state index in [2.05, 4.69) is 46.0 Å². The van der Waals surface area contributed by atoms with Gasteiger partial charge in [-0.15, -0.1) is 0 Å². The minimum absolute atomic E-state index is 0.188. The molecular weight excluding hydrogens is 364 g/mol. The highest BCUT2D eigenvalue weighted by molar-refractivity contribution is 5.84. The van der Waals surface area contributed by atoms with Crippen molar-refractivity contribution in [3.8, 4) is 11.1 Å². The van der Waals surface area contributed by atoms with Crippen molar-refractivity contribution in [2.75, 3.05) is 12.3 Å². The van der Waals surface area contributed by atoms with E-state index in [4.69, 9.17) is 10.8 Å². The number of rotatable bonds is 7. The summed E-state index contributed by atoms with van der Waals surface area (Å²) < 4.78 is 1.95. The predicted octanol–water partition coefficient (Wildman–Crippen LogP) is 3.20. The quantitative estimate of drug-likeness (QED) is 0.601. The van der Waals surface area contributed by atoms with Crippen molar-refractivity contribution >= 4 is 11.5 Å². The van der Waals surface area contributed by atoms with Crippen molar-refractivity contribution in [2.45, 2.75) is 45.6 Å². The molecular formula is C22H26N6O. The molecule has 3 N–H and O–H groups in total. The zero-order valence-electron chi connectivity index (χ0n) is 16.8. The summed E-state index contributed by atoms with van der Waals surface area (Å²) in [6, 6.07) is 4.47. The fraction of sp³-hybridized carbons (Fsp3) is 0.364. The minimum atomic E-state index is 0.188. The summed E-state index contributed by atoms with van der Waals surface area (Å²) in [4.78, 5) is 13.5. The number of anilines is 1. The molecule has 0 aromatic carbocycles. The first kappa shape index (κ1) is 19.3. The topological polar surface area (TPSA) is 103 Å². The lowest BCUT2D eigenvalue weighted by Crippen LogP contribution is -2.04. The fourth-order valence-electron chi connectivity index (χ4n) is 3.57. The average molecular weight is 390 g/mol. The van der Waals surface area contributed by atoms with Crippen LogP contribution in [0, 0.1) is 0 Å². The number of aryl methyl sites for hydroxylation is 1. The highest BCUT2D eigenvalue weighted by Crippen LogP contribution is 2.34. The highest BCUT2D eigenvalue weighted by Gasteiger charge is 2.20. The van der Waals surface area contributed by atoms with Crippen LogP contribution in [-0.2, 0) is 12.8 Å². The number of aliphatic hydroxyl groups excluding tert-OH is 1. The van der Waals surface area contributed by atoms with Crippen LogP contribution in [0.1, 0.15) is 55.4 Å². The molecule has 7 nitrogen and oxygen atoms in total. The van der Waals surface area contributed by atoms with Gasteiger partial charge in [0.05, 0.1) is 17.6 Å². The number of nitrogens with zero attached hydrogens (tertiary/aromatic N) is 5. The van der Waals surface area contributed by atoms with Gasteiger partial charge in [0.15, 0.2) is 0 Å². The van der Waals surface area contributed by atoms with E-state index in [1.807, 2.05) is 29.3 Å². The number of aromatic nitrogens is 5. The maximum absolute atomic E-state index is 9.01. The highest BCUT2D eigenvalue weighted by atomic mass is 16.2. The fourth-order valence-corrected chi connectivity index (χ4v) is 3.57. The van der Waals surface area contributed by atoms with Gasteiger partial charge in [-0.3, -0.25) is 9.67 Å². The molecule has 3 aromatic rings. The molecule has 150 valence electrons. The largest absolute Gasteiger partial charge is 0.396 e. The minimum Gasteiger partial charge on any atom is -0.396 e. The Morgan fingerprint density at radius 3 is 2.76 bits per heavy atom. The molecule has 0 spiro atoms. The first-order valence-corrected chi connectivity index (χ1v) is 10.0. The number of aliphatic hydroxyl groups is 1. The van der Waals surface area contributed by atoms with Crippen LogP contribution in [0.15, 0.2) is 36.8 Å². The first-order valence-electron chi connectivity index (χ1n) is 10.0. The Morgan fingerprint density at radius 2 is 2.00 bits per heavy atom. The van der Waals surface area contributed by atoms with Crippen molar-refractivity contribution in [1.29, 1.82) is 0 Å². The summed E-state index contributed by atoms with van der Waals surface area (Å²) in [6.45, 7) is 4.40. The van der Waals surface area contributed by atoms with Crippen molar-refractivity contribution in [3.63, 3.8) is 0 Å². The molecule has 0 saturated heterocycles. The van der Waals surface area contributed by atoms with Gasteiger partial charge >= 0.3 is 0 Å². The number of fused-ring (bicyclic) bond motifs is 1. The third kappa shape index (κ3) is 4.05. The van der Waals surface area contributed by atoms with E-state index in [-0.39, 0.29) is 12.6 Å². The van der Waals surface area contributed by atoms with Crippen LogP contribution < -0.4 is 5.73 Å². The van der Waals surface area contributed by atoms with Crippen LogP contribution in [0.25, 0.3) is 16.7 Å². The van der Waals surface area contributed by atoms with Gasteiger partial charge in [-0.05, 0) is 45.2 Å². The summed E-state index contributed by atoms with van der Waals surface area (Å²) >= 11 is 0. The molecule has 4 rings (SSSR count). The molecule has 0 bridgehead atoms. The van der Waals surface area contributed by atoms with E-state index in [0.29, 0.717) is 6.04 Å². The molecule has 0 atom stereocenters. The SMILES string of the molecule is CC(C)n1cc(-c2cnc3c(c2)C(c2cc(CCCCO)nc(N)n2)=CC3)cn1. The van der Waals surface area contributed by atoms with Crippen LogP contribution in [0.4, 0.5) is 5.95 Å². The van der Waals surface area contributed by atoms with Crippen molar-refractivity contribution in [2.24, 2.45) is 0 Å². The van der Waals surface area contributed by atoms with Crippen molar-refractivity contribution in [1.82, 2.24) is 24.7 Å². The van der Waals surface area contributed by atoms with E-state index in [0.717, 1.165) is 65.0 Å². The zero-order chi connectivity index (χ0) is 20.4. The molecule has 0 fully saturated rings. The number of unbranched alkanes of at least 4 members (excludes halogenated alkanes) is 1. The summed E-state index contributed by atoms with van der Waals surface area (Å²) in [7, 11) is 0. The second-order valence-electron chi connectivity index (χ2n) is 7.63. The summed E-state index contributed by atoms with van der Waals surface area (Å²) in [6.07, 6.45) is 11.2. The number of pyridine rings is 1. The van der Waals surface area contributed by atoms with Gasteiger partial charge in [-0.25, -0.2) is 9.97 Å². The number of nitrogens with two attached hydrogens (primary N) is 1. The first-order chi connectivity index (χ1) is 14.0. The Bertz CT molecular complexity index is 1050. The van der Waals surface area contributed by atoms with Gasteiger partial charge in [0, 0.05) is 59.4 Å². The Hall–Kier alpha value is -3.06. The van der Waals surface area contributed by atoms with Crippen LogP contribution in [0.3, 0.4) is 0 Å². The number of allylic oxidation sites excluding steroid dienone is 1. The Morgan fingerprint density at radius 1 is 1.14 bits per heavy atom. The molecule has 0 unspecified atom stereocenters.